The summed E-state index contributed by atoms with van der Waals surface area (Å²) < 4.78 is 45.0. The Morgan fingerprint density at radius 2 is 2.13 bits per heavy atom. The maximum atomic E-state index is 13.1. The van der Waals surface area contributed by atoms with Gasteiger partial charge in [0.1, 0.15) is 5.52 Å². The molecule has 1 fully saturated rings. The van der Waals surface area contributed by atoms with Crippen LogP contribution >= 0.6 is 0 Å². The lowest BCUT2D eigenvalue weighted by atomic mass is 10.1. The van der Waals surface area contributed by atoms with Crippen LogP contribution in [0, 0.1) is 0 Å². The predicted octanol–water partition coefficient (Wildman–Crippen LogP) is 2.20. The number of anilines is 1. The second kappa shape index (κ2) is 5.93. The van der Waals surface area contributed by atoms with Gasteiger partial charge in [-0.25, -0.2) is 4.98 Å². The minimum atomic E-state index is -4.54. The van der Waals surface area contributed by atoms with Crippen LogP contribution in [0.5, 0.6) is 0 Å². The average Bonchev–Trinajstić information content (AvgIpc) is 2.52. The summed E-state index contributed by atoms with van der Waals surface area (Å²) in [6, 6.07) is 3.25. The van der Waals surface area contributed by atoms with E-state index >= 15 is 0 Å². The molecule has 1 aliphatic rings. The summed E-state index contributed by atoms with van der Waals surface area (Å²) in [5.41, 5.74) is 5.19. The van der Waals surface area contributed by atoms with Crippen LogP contribution in [-0.2, 0) is 10.9 Å². The van der Waals surface area contributed by atoms with Crippen LogP contribution < -0.4 is 10.6 Å². The van der Waals surface area contributed by atoms with Gasteiger partial charge in [0.2, 0.25) is 0 Å². The number of fused-ring (bicyclic) bond motifs is 1. The van der Waals surface area contributed by atoms with E-state index in [9.17, 15) is 13.2 Å². The number of pyridine rings is 2. The molecular formula is C15H17F3N4O. The SMILES string of the molecule is C[C@@H]1CN(c2cnc(C(F)(F)F)c3ncccc23)C[C@H](CN)O1. The van der Waals surface area contributed by atoms with Crippen LogP contribution in [0.4, 0.5) is 18.9 Å². The predicted molar refractivity (Wildman–Crippen MR) is 80.1 cm³/mol. The zero-order chi connectivity index (χ0) is 16.6. The Hall–Kier alpha value is -1.93. The summed E-state index contributed by atoms with van der Waals surface area (Å²) in [7, 11) is 0. The molecule has 2 aromatic rings. The first kappa shape index (κ1) is 15.9. The number of nitrogens with two attached hydrogens (primary N) is 1. The summed E-state index contributed by atoms with van der Waals surface area (Å²) in [4.78, 5) is 9.49. The van der Waals surface area contributed by atoms with Crippen molar-refractivity contribution in [2.45, 2.75) is 25.3 Å². The molecule has 3 heterocycles. The van der Waals surface area contributed by atoms with Crippen LogP contribution in [-0.4, -0.2) is 41.8 Å². The van der Waals surface area contributed by atoms with Gasteiger partial charge in [0.15, 0.2) is 5.69 Å². The lowest BCUT2D eigenvalue weighted by molar-refractivity contribution is -0.139. The van der Waals surface area contributed by atoms with Gasteiger partial charge in [0.25, 0.3) is 0 Å². The maximum absolute atomic E-state index is 13.1. The standard InChI is InChI=1S/C15H17F3N4O/c1-9-7-22(8-10(5-19)23-9)12-6-21-14(15(16,17)18)13-11(12)3-2-4-20-13/h2-4,6,9-10H,5,7-8,19H2,1H3/t9-,10+/m1/s1. The Kier molecular flexibility index (Phi) is 4.11. The first-order valence-corrected chi connectivity index (χ1v) is 7.31. The van der Waals surface area contributed by atoms with Gasteiger partial charge in [0.05, 0.1) is 24.1 Å². The molecule has 0 amide bonds. The van der Waals surface area contributed by atoms with Gasteiger partial charge >= 0.3 is 6.18 Å². The highest BCUT2D eigenvalue weighted by atomic mass is 19.4. The minimum Gasteiger partial charge on any atom is -0.370 e. The zero-order valence-electron chi connectivity index (χ0n) is 12.5. The third-order valence-corrected chi connectivity index (χ3v) is 3.82. The molecule has 0 radical (unpaired) electrons. The lowest BCUT2D eigenvalue weighted by Crippen LogP contribution is -2.49. The van der Waals surface area contributed by atoms with E-state index in [2.05, 4.69) is 9.97 Å². The van der Waals surface area contributed by atoms with Crippen LogP contribution in [0.3, 0.4) is 0 Å². The number of hydrogen-bond donors (Lipinski definition) is 1. The molecule has 0 bridgehead atoms. The van der Waals surface area contributed by atoms with Gasteiger partial charge in [-0.15, -0.1) is 0 Å². The fraction of sp³-hybridized carbons (Fsp3) is 0.467. The molecular weight excluding hydrogens is 309 g/mol. The number of aromatic nitrogens is 2. The molecule has 1 aliphatic heterocycles. The molecule has 23 heavy (non-hydrogen) atoms. The largest absolute Gasteiger partial charge is 0.435 e. The Bertz CT molecular complexity index is 707. The number of ether oxygens (including phenoxy) is 1. The second-order valence-corrected chi connectivity index (χ2v) is 5.60. The molecule has 2 aromatic heterocycles. The number of alkyl halides is 3. The van der Waals surface area contributed by atoms with Crippen molar-refractivity contribution in [3.05, 3.63) is 30.2 Å². The summed E-state index contributed by atoms with van der Waals surface area (Å²) >= 11 is 0. The van der Waals surface area contributed by atoms with Gasteiger partial charge in [-0.1, -0.05) is 0 Å². The van der Waals surface area contributed by atoms with Gasteiger partial charge in [-0.2, -0.15) is 13.2 Å². The van der Waals surface area contributed by atoms with E-state index < -0.39 is 11.9 Å². The van der Waals surface area contributed by atoms with Crippen molar-refractivity contribution < 1.29 is 17.9 Å². The topological polar surface area (TPSA) is 64.3 Å². The fourth-order valence-corrected chi connectivity index (χ4v) is 2.89. The molecule has 2 N–H and O–H groups in total. The maximum Gasteiger partial charge on any atom is 0.435 e. The molecule has 1 saturated heterocycles. The summed E-state index contributed by atoms with van der Waals surface area (Å²) in [5, 5.41) is 0.430. The van der Waals surface area contributed by atoms with E-state index in [1.54, 1.807) is 12.1 Å². The Morgan fingerprint density at radius 1 is 1.35 bits per heavy atom. The molecule has 3 rings (SSSR count). The molecule has 0 unspecified atom stereocenters. The van der Waals surface area contributed by atoms with Crippen molar-refractivity contribution in [3.8, 4) is 0 Å². The molecule has 0 aromatic carbocycles. The van der Waals surface area contributed by atoms with E-state index in [1.165, 1.54) is 12.4 Å². The minimum absolute atomic E-state index is 0.0636. The number of hydrogen-bond acceptors (Lipinski definition) is 5. The van der Waals surface area contributed by atoms with Crippen molar-refractivity contribution in [2.24, 2.45) is 5.73 Å². The average molecular weight is 326 g/mol. The molecule has 0 saturated carbocycles. The van der Waals surface area contributed by atoms with Crippen molar-refractivity contribution in [1.82, 2.24) is 9.97 Å². The second-order valence-electron chi connectivity index (χ2n) is 5.60. The molecule has 124 valence electrons. The normalized spacial score (nSPS) is 22.6. The molecule has 0 spiro atoms. The van der Waals surface area contributed by atoms with Crippen LogP contribution in [0.1, 0.15) is 12.6 Å². The smallest absolute Gasteiger partial charge is 0.370 e. The summed E-state index contributed by atoms with van der Waals surface area (Å²) in [6.45, 7) is 3.34. The summed E-state index contributed by atoms with van der Waals surface area (Å²) in [5.74, 6) is 0. The molecule has 0 aliphatic carbocycles. The third kappa shape index (κ3) is 3.09. The number of rotatable bonds is 2. The quantitative estimate of drug-likeness (QED) is 0.916. The first-order valence-electron chi connectivity index (χ1n) is 7.31. The fourth-order valence-electron chi connectivity index (χ4n) is 2.89. The third-order valence-electron chi connectivity index (χ3n) is 3.82. The highest BCUT2D eigenvalue weighted by Gasteiger charge is 2.36. The van der Waals surface area contributed by atoms with Gasteiger partial charge in [-0.3, -0.25) is 4.98 Å². The van der Waals surface area contributed by atoms with Crippen molar-refractivity contribution in [3.63, 3.8) is 0 Å². The highest BCUT2D eigenvalue weighted by Crippen LogP contribution is 2.36. The van der Waals surface area contributed by atoms with E-state index in [-0.39, 0.29) is 17.7 Å². The van der Waals surface area contributed by atoms with Crippen LogP contribution in [0.2, 0.25) is 0 Å². The number of morpholine rings is 1. The van der Waals surface area contributed by atoms with Gasteiger partial charge in [-0.05, 0) is 19.1 Å². The molecule has 2 atom stereocenters. The Balaban J connectivity index is 2.09. The monoisotopic (exact) mass is 326 g/mol. The van der Waals surface area contributed by atoms with Gasteiger partial charge in [0, 0.05) is 31.2 Å². The highest BCUT2D eigenvalue weighted by molar-refractivity contribution is 5.92. The van der Waals surface area contributed by atoms with Crippen LogP contribution in [0.15, 0.2) is 24.5 Å². The van der Waals surface area contributed by atoms with Crippen molar-refractivity contribution >= 4 is 16.6 Å². The van der Waals surface area contributed by atoms with Crippen molar-refractivity contribution in [2.75, 3.05) is 24.5 Å². The summed E-state index contributed by atoms with van der Waals surface area (Å²) in [6.07, 6.45) is -2.16. The lowest BCUT2D eigenvalue weighted by Gasteiger charge is -2.38. The number of halogens is 3. The van der Waals surface area contributed by atoms with E-state index in [1.807, 2.05) is 11.8 Å². The molecule has 5 nitrogen and oxygen atoms in total. The van der Waals surface area contributed by atoms with Crippen molar-refractivity contribution in [1.29, 1.82) is 0 Å². The zero-order valence-corrected chi connectivity index (χ0v) is 12.5. The van der Waals surface area contributed by atoms with E-state index in [0.717, 1.165) is 0 Å². The molecule has 8 heteroatoms. The Morgan fingerprint density at radius 3 is 2.83 bits per heavy atom. The van der Waals surface area contributed by atoms with Gasteiger partial charge < -0.3 is 15.4 Å². The van der Waals surface area contributed by atoms with E-state index in [0.29, 0.717) is 30.7 Å². The van der Waals surface area contributed by atoms with Crippen LogP contribution in [0.25, 0.3) is 10.9 Å². The Labute approximate surface area is 131 Å². The first-order chi connectivity index (χ1) is 10.9. The number of nitrogens with zero attached hydrogens (tertiary/aromatic N) is 3. The van der Waals surface area contributed by atoms with E-state index in [4.69, 9.17) is 10.5 Å².